The first-order valence-electron chi connectivity index (χ1n) is 11.4. The van der Waals surface area contributed by atoms with Gasteiger partial charge in [-0.3, -0.25) is 24.6 Å². The van der Waals surface area contributed by atoms with E-state index in [1.807, 2.05) is 30.3 Å². The van der Waals surface area contributed by atoms with Crippen LogP contribution in [-0.4, -0.2) is 43.1 Å². The number of rotatable bonds is 11. The normalized spacial score (nSPS) is 11.1. The number of hydrogen-bond acceptors (Lipinski definition) is 6. The summed E-state index contributed by atoms with van der Waals surface area (Å²) in [6.07, 6.45) is 0. The van der Waals surface area contributed by atoms with Crippen LogP contribution in [0.4, 0.5) is 5.69 Å². The van der Waals surface area contributed by atoms with Crippen LogP contribution >= 0.6 is 0 Å². The van der Waals surface area contributed by atoms with Crippen LogP contribution in [0.1, 0.15) is 16.8 Å². The average Bonchev–Trinajstić information content (AvgIpc) is 2.86. The number of sulfonamides is 1. The lowest BCUT2D eigenvalue weighted by atomic mass is 10.2. The van der Waals surface area contributed by atoms with E-state index in [9.17, 15) is 18.0 Å². The van der Waals surface area contributed by atoms with E-state index < -0.39 is 21.5 Å². The van der Waals surface area contributed by atoms with Crippen LogP contribution < -0.4 is 21.3 Å². The van der Waals surface area contributed by atoms with Crippen molar-refractivity contribution in [3.05, 3.63) is 93.9 Å². The third kappa shape index (κ3) is 7.66. The number of carbonyl (C=O) groups is 1. The highest BCUT2D eigenvalue weighted by Crippen LogP contribution is 2.15. The zero-order valence-electron chi connectivity index (χ0n) is 20.6. The largest absolute Gasteiger partial charge is 0.368 e. The molecule has 5 N–H and O–H groups in total. The van der Waals surface area contributed by atoms with Crippen LogP contribution in [-0.2, 0) is 32.7 Å². The summed E-state index contributed by atoms with van der Waals surface area (Å²) >= 11 is 0. The zero-order chi connectivity index (χ0) is 27.0. The molecule has 0 radical (unpaired) electrons. The van der Waals surface area contributed by atoms with Crippen molar-refractivity contribution in [2.45, 2.75) is 31.8 Å². The summed E-state index contributed by atoms with van der Waals surface area (Å²) in [6.45, 7) is 3.51. The molecule has 3 aromatic rings. The van der Waals surface area contributed by atoms with Crippen LogP contribution in [0.25, 0.3) is 0 Å². The summed E-state index contributed by atoms with van der Waals surface area (Å²) in [4.78, 5) is 31.0. The van der Waals surface area contributed by atoms with E-state index in [2.05, 4.69) is 10.0 Å². The number of nitrogens with zero attached hydrogens (tertiary/aromatic N) is 2. The molecule has 37 heavy (non-hydrogen) atoms. The number of aryl methyl sites for hydroxylation is 2. The number of nitrogens with two attached hydrogens (primary N) is 1. The Labute approximate surface area is 215 Å². The summed E-state index contributed by atoms with van der Waals surface area (Å²) in [6, 6.07) is 18.6. The maximum atomic E-state index is 13.0. The summed E-state index contributed by atoms with van der Waals surface area (Å²) in [5.41, 5.74) is 6.91. The summed E-state index contributed by atoms with van der Waals surface area (Å²) < 4.78 is 29.0. The van der Waals surface area contributed by atoms with Gasteiger partial charge in [-0.15, -0.1) is 0 Å². The Bertz CT molecular complexity index is 1420. The first-order chi connectivity index (χ1) is 17.6. The van der Waals surface area contributed by atoms with E-state index in [-0.39, 0.29) is 42.8 Å². The number of aromatic nitrogens is 1. The predicted molar refractivity (Wildman–Crippen MR) is 140 cm³/mol. The first kappa shape index (κ1) is 27.4. The first-order valence-corrected chi connectivity index (χ1v) is 12.9. The fourth-order valence-corrected chi connectivity index (χ4v) is 4.59. The Morgan fingerprint density at radius 2 is 1.81 bits per heavy atom. The minimum atomic E-state index is -3.98. The molecule has 0 aliphatic carbocycles. The van der Waals surface area contributed by atoms with Gasteiger partial charge in [-0.2, -0.15) is 0 Å². The third-order valence-corrected chi connectivity index (χ3v) is 6.71. The average molecular weight is 527 g/mol. The highest BCUT2D eigenvalue weighted by molar-refractivity contribution is 7.92. The second-order valence-electron chi connectivity index (χ2n) is 8.29. The lowest BCUT2D eigenvalue weighted by Gasteiger charge is -2.22. The smallest absolute Gasteiger partial charge is 0.275 e. The van der Waals surface area contributed by atoms with Crippen molar-refractivity contribution >= 4 is 27.6 Å². The van der Waals surface area contributed by atoms with Gasteiger partial charge in [-0.1, -0.05) is 42.5 Å². The van der Waals surface area contributed by atoms with Gasteiger partial charge in [0.05, 0.1) is 18.0 Å². The fourth-order valence-electron chi connectivity index (χ4n) is 3.43. The van der Waals surface area contributed by atoms with Gasteiger partial charge in [-0.25, -0.2) is 13.5 Å². The maximum absolute atomic E-state index is 13.0. The monoisotopic (exact) mass is 526 g/mol. The lowest BCUT2D eigenvalue weighted by Crippen LogP contribution is -2.39. The van der Waals surface area contributed by atoms with Crippen LogP contribution in [0.15, 0.2) is 76.4 Å². The SMILES string of the molecule is Cc1cccc(S(=O)(=O)Nc2ccc(C)n(CC(=O)NCCON(Cc3ccccc3)C(=N)N)c2=O)c1. The minimum Gasteiger partial charge on any atom is -0.368 e. The standard InChI is InChI=1S/C25H30N6O5S/c1-18-7-6-10-21(15-18)37(34,35)29-22-12-11-19(2)30(24(22)33)17-23(32)28-13-14-36-31(25(26)27)16-20-8-4-3-5-9-20/h3-12,15,29H,13-14,16-17H2,1-2H3,(H3,26,27)(H,28,32). The molecule has 0 fully saturated rings. The quantitative estimate of drug-likeness (QED) is 0.128. The van der Waals surface area contributed by atoms with Gasteiger partial charge < -0.3 is 15.6 Å². The van der Waals surface area contributed by atoms with Crippen LogP contribution in [0.5, 0.6) is 0 Å². The van der Waals surface area contributed by atoms with Crippen LogP contribution in [0.2, 0.25) is 0 Å². The molecular formula is C25H30N6O5S. The Kier molecular flexibility index (Phi) is 9.04. The van der Waals surface area contributed by atoms with Crippen molar-refractivity contribution in [2.24, 2.45) is 5.73 Å². The van der Waals surface area contributed by atoms with Gasteiger partial charge in [0, 0.05) is 12.2 Å². The van der Waals surface area contributed by atoms with Crippen molar-refractivity contribution in [1.82, 2.24) is 14.9 Å². The van der Waals surface area contributed by atoms with Crippen molar-refractivity contribution in [2.75, 3.05) is 17.9 Å². The summed E-state index contributed by atoms with van der Waals surface area (Å²) in [5, 5.41) is 11.5. The number of benzene rings is 2. The molecule has 3 rings (SSSR count). The Balaban J connectivity index is 1.59. The molecule has 0 bridgehead atoms. The second kappa shape index (κ2) is 12.2. The molecule has 196 valence electrons. The number of nitrogens with one attached hydrogen (secondary N) is 3. The second-order valence-corrected chi connectivity index (χ2v) is 9.97. The zero-order valence-corrected chi connectivity index (χ0v) is 21.4. The van der Waals surface area contributed by atoms with E-state index in [1.165, 1.54) is 27.8 Å². The molecule has 0 aliphatic heterocycles. The molecule has 2 aromatic carbocycles. The number of hydrogen-bond donors (Lipinski definition) is 4. The van der Waals surface area contributed by atoms with Crippen LogP contribution in [0, 0.1) is 19.3 Å². The molecule has 0 saturated heterocycles. The van der Waals surface area contributed by atoms with Gasteiger partial charge in [0.25, 0.3) is 15.6 Å². The van der Waals surface area contributed by atoms with E-state index in [4.69, 9.17) is 16.0 Å². The summed E-state index contributed by atoms with van der Waals surface area (Å²) in [5.74, 6) is -0.743. The number of pyridine rings is 1. The lowest BCUT2D eigenvalue weighted by molar-refractivity contribution is -0.125. The van der Waals surface area contributed by atoms with Crippen molar-refractivity contribution in [3.8, 4) is 0 Å². The Hall–Kier alpha value is -4.16. The molecular weight excluding hydrogens is 496 g/mol. The predicted octanol–water partition coefficient (Wildman–Crippen LogP) is 1.71. The topological polar surface area (TPSA) is 160 Å². The van der Waals surface area contributed by atoms with E-state index >= 15 is 0 Å². The molecule has 0 aliphatic rings. The van der Waals surface area contributed by atoms with Crippen molar-refractivity contribution in [1.29, 1.82) is 5.41 Å². The molecule has 12 heteroatoms. The summed E-state index contributed by atoms with van der Waals surface area (Å²) in [7, 11) is -3.98. The van der Waals surface area contributed by atoms with Crippen molar-refractivity contribution in [3.63, 3.8) is 0 Å². The van der Waals surface area contributed by atoms with Gasteiger partial charge in [0.15, 0.2) is 0 Å². The number of hydroxylamine groups is 2. The highest BCUT2D eigenvalue weighted by Gasteiger charge is 2.18. The van der Waals surface area contributed by atoms with Crippen LogP contribution in [0.3, 0.4) is 0 Å². The van der Waals surface area contributed by atoms with E-state index in [0.29, 0.717) is 5.69 Å². The fraction of sp³-hybridized carbons (Fsp3) is 0.240. The number of amides is 1. The maximum Gasteiger partial charge on any atom is 0.275 e. The molecule has 0 unspecified atom stereocenters. The van der Waals surface area contributed by atoms with Gasteiger partial charge in [0.1, 0.15) is 12.2 Å². The van der Waals surface area contributed by atoms with Gasteiger partial charge in [-0.05, 0) is 49.2 Å². The molecule has 1 heterocycles. The van der Waals surface area contributed by atoms with Gasteiger partial charge in [0.2, 0.25) is 11.9 Å². The molecule has 0 saturated carbocycles. The Morgan fingerprint density at radius 3 is 2.49 bits per heavy atom. The Morgan fingerprint density at radius 1 is 1.08 bits per heavy atom. The third-order valence-electron chi connectivity index (χ3n) is 5.35. The minimum absolute atomic E-state index is 0.0311. The highest BCUT2D eigenvalue weighted by atomic mass is 32.2. The number of anilines is 1. The van der Waals surface area contributed by atoms with E-state index in [1.54, 1.807) is 32.0 Å². The van der Waals surface area contributed by atoms with Gasteiger partial charge >= 0.3 is 0 Å². The molecule has 0 spiro atoms. The molecule has 0 atom stereocenters. The molecule has 11 nitrogen and oxygen atoms in total. The number of guanidine groups is 1. The van der Waals surface area contributed by atoms with E-state index in [0.717, 1.165) is 11.1 Å². The molecule has 1 aromatic heterocycles. The number of carbonyl (C=O) groups excluding carboxylic acids is 1. The van der Waals surface area contributed by atoms with Crippen molar-refractivity contribution < 1.29 is 18.0 Å². The molecule has 1 amide bonds.